The molecule has 0 radical (unpaired) electrons. The van der Waals surface area contributed by atoms with Gasteiger partial charge in [-0.25, -0.2) is 0 Å². The molecule has 5 heteroatoms. The third kappa shape index (κ3) is 3.26. The summed E-state index contributed by atoms with van der Waals surface area (Å²) in [6, 6.07) is 12.0. The maximum Gasteiger partial charge on any atom is 0.248 e. The largest absolute Gasteiger partial charge is 0.497 e. The van der Waals surface area contributed by atoms with E-state index < -0.39 is 5.91 Å². The molecule has 0 aliphatic carbocycles. The van der Waals surface area contributed by atoms with Gasteiger partial charge < -0.3 is 15.2 Å². The smallest absolute Gasteiger partial charge is 0.248 e. The van der Waals surface area contributed by atoms with Crippen molar-refractivity contribution >= 4 is 21.8 Å². The Balaban J connectivity index is 2.19. The Bertz CT molecular complexity index is 596. The first kappa shape index (κ1) is 13.4. The molecule has 0 aliphatic heterocycles. The Morgan fingerprint density at radius 1 is 1.11 bits per heavy atom. The van der Waals surface area contributed by atoms with Gasteiger partial charge in [0.1, 0.15) is 17.2 Å². The van der Waals surface area contributed by atoms with Crippen molar-refractivity contribution in [2.24, 2.45) is 5.73 Å². The molecule has 0 bridgehead atoms. The molecule has 1 amide bonds. The average molecular weight is 322 g/mol. The number of amides is 1. The number of hydrogen-bond donors (Lipinski definition) is 1. The second-order valence-corrected chi connectivity index (χ2v) is 4.64. The first-order valence-electron chi connectivity index (χ1n) is 5.51. The molecular weight excluding hydrogens is 310 g/mol. The van der Waals surface area contributed by atoms with Crippen LogP contribution in [0.1, 0.15) is 10.4 Å². The number of carbonyl (C=O) groups is 1. The number of ether oxygens (including phenoxy) is 2. The van der Waals surface area contributed by atoms with E-state index in [0.29, 0.717) is 17.1 Å². The minimum absolute atomic E-state index is 0.446. The van der Waals surface area contributed by atoms with Gasteiger partial charge in [0.2, 0.25) is 5.91 Å². The Morgan fingerprint density at radius 3 is 2.26 bits per heavy atom. The maximum atomic E-state index is 11.0. The molecule has 0 aliphatic rings. The Hall–Kier alpha value is -2.01. The van der Waals surface area contributed by atoms with Crippen molar-refractivity contribution in [3.05, 3.63) is 52.5 Å². The number of rotatable bonds is 4. The van der Waals surface area contributed by atoms with Crippen LogP contribution in [-0.2, 0) is 0 Å². The highest BCUT2D eigenvalue weighted by atomic mass is 79.9. The minimum Gasteiger partial charge on any atom is -0.497 e. The Morgan fingerprint density at radius 2 is 1.74 bits per heavy atom. The Kier molecular flexibility index (Phi) is 4.06. The van der Waals surface area contributed by atoms with E-state index in [0.717, 1.165) is 10.2 Å². The molecule has 4 nitrogen and oxygen atoms in total. The quantitative estimate of drug-likeness (QED) is 0.939. The number of hydrogen-bond acceptors (Lipinski definition) is 3. The highest BCUT2D eigenvalue weighted by Gasteiger charge is 2.05. The number of nitrogens with two attached hydrogens (primary N) is 1. The number of benzene rings is 2. The van der Waals surface area contributed by atoms with Crippen LogP contribution in [0.4, 0.5) is 0 Å². The van der Waals surface area contributed by atoms with E-state index in [-0.39, 0.29) is 0 Å². The van der Waals surface area contributed by atoms with Crippen molar-refractivity contribution in [2.45, 2.75) is 0 Å². The van der Waals surface area contributed by atoms with Crippen LogP contribution in [0.3, 0.4) is 0 Å². The monoisotopic (exact) mass is 321 g/mol. The summed E-state index contributed by atoms with van der Waals surface area (Å²) in [4.78, 5) is 11.0. The standard InChI is InChI=1S/C14H12BrNO3/c1-18-11-6-7-13(12(15)8-11)19-10-4-2-9(3-5-10)14(16)17/h2-8H,1H3,(H2,16,17). The van der Waals surface area contributed by atoms with Crippen molar-refractivity contribution in [3.63, 3.8) is 0 Å². The lowest BCUT2D eigenvalue weighted by Crippen LogP contribution is -2.10. The summed E-state index contributed by atoms with van der Waals surface area (Å²) in [6.45, 7) is 0. The summed E-state index contributed by atoms with van der Waals surface area (Å²) in [5.41, 5.74) is 5.62. The first-order chi connectivity index (χ1) is 9.10. The fraction of sp³-hybridized carbons (Fsp3) is 0.0714. The zero-order chi connectivity index (χ0) is 13.8. The van der Waals surface area contributed by atoms with E-state index in [1.165, 1.54) is 0 Å². The highest BCUT2D eigenvalue weighted by molar-refractivity contribution is 9.10. The molecule has 0 fully saturated rings. The lowest BCUT2D eigenvalue weighted by Gasteiger charge is -2.09. The average Bonchev–Trinajstić information content (AvgIpc) is 2.41. The second-order valence-electron chi connectivity index (χ2n) is 3.79. The van der Waals surface area contributed by atoms with Crippen LogP contribution in [0.2, 0.25) is 0 Å². The number of primary amides is 1. The van der Waals surface area contributed by atoms with Gasteiger partial charge in [-0.1, -0.05) is 0 Å². The molecule has 2 aromatic rings. The first-order valence-corrected chi connectivity index (χ1v) is 6.30. The van der Waals surface area contributed by atoms with Gasteiger partial charge in [-0.2, -0.15) is 0 Å². The molecule has 0 saturated carbocycles. The van der Waals surface area contributed by atoms with Crippen LogP contribution in [0.15, 0.2) is 46.9 Å². The predicted molar refractivity (Wildman–Crippen MR) is 75.7 cm³/mol. The molecule has 0 saturated heterocycles. The summed E-state index contributed by atoms with van der Waals surface area (Å²) in [5.74, 6) is 1.56. The van der Waals surface area contributed by atoms with Crippen LogP contribution in [-0.4, -0.2) is 13.0 Å². The number of halogens is 1. The normalized spacial score (nSPS) is 10.0. The molecule has 0 atom stereocenters. The topological polar surface area (TPSA) is 61.6 Å². The van der Waals surface area contributed by atoms with Gasteiger partial charge in [0, 0.05) is 5.56 Å². The molecule has 2 aromatic carbocycles. The van der Waals surface area contributed by atoms with Crippen molar-refractivity contribution < 1.29 is 14.3 Å². The zero-order valence-electron chi connectivity index (χ0n) is 10.2. The van der Waals surface area contributed by atoms with Gasteiger partial charge in [0.25, 0.3) is 0 Å². The third-order valence-electron chi connectivity index (χ3n) is 2.51. The van der Waals surface area contributed by atoms with Crippen molar-refractivity contribution in [3.8, 4) is 17.2 Å². The molecule has 19 heavy (non-hydrogen) atoms. The molecular formula is C14H12BrNO3. The van der Waals surface area contributed by atoms with Crippen LogP contribution < -0.4 is 15.2 Å². The fourth-order valence-electron chi connectivity index (χ4n) is 1.51. The SMILES string of the molecule is COc1ccc(Oc2ccc(C(N)=O)cc2)c(Br)c1. The van der Waals surface area contributed by atoms with E-state index in [1.807, 2.05) is 6.07 Å². The van der Waals surface area contributed by atoms with Crippen LogP contribution in [0, 0.1) is 0 Å². The summed E-state index contributed by atoms with van der Waals surface area (Å²) in [7, 11) is 1.60. The van der Waals surface area contributed by atoms with Crippen molar-refractivity contribution in [1.29, 1.82) is 0 Å². The zero-order valence-corrected chi connectivity index (χ0v) is 11.8. The van der Waals surface area contributed by atoms with E-state index >= 15 is 0 Å². The van der Waals surface area contributed by atoms with Crippen molar-refractivity contribution in [1.82, 2.24) is 0 Å². The van der Waals surface area contributed by atoms with E-state index in [9.17, 15) is 4.79 Å². The maximum absolute atomic E-state index is 11.0. The van der Waals surface area contributed by atoms with Crippen LogP contribution in [0.25, 0.3) is 0 Å². The minimum atomic E-state index is -0.461. The summed E-state index contributed by atoms with van der Waals surface area (Å²) >= 11 is 3.40. The predicted octanol–water partition coefficient (Wildman–Crippen LogP) is 3.35. The third-order valence-corrected chi connectivity index (χ3v) is 3.13. The fourth-order valence-corrected chi connectivity index (χ4v) is 1.94. The summed E-state index contributed by atoms with van der Waals surface area (Å²) in [5, 5.41) is 0. The lowest BCUT2D eigenvalue weighted by atomic mass is 10.2. The highest BCUT2D eigenvalue weighted by Crippen LogP contribution is 2.32. The van der Waals surface area contributed by atoms with Gasteiger partial charge in [-0.3, -0.25) is 4.79 Å². The molecule has 0 spiro atoms. The second kappa shape index (κ2) is 5.75. The molecule has 0 heterocycles. The van der Waals surface area contributed by atoms with Gasteiger partial charge >= 0.3 is 0 Å². The number of carbonyl (C=O) groups excluding carboxylic acids is 1. The van der Waals surface area contributed by atoms with Gasteiger partial charge in [0.05, 0.1) is 11.6 Å². The van der Waals surface area contributed by atoms with Gasteiger partial charge in [-0.15, -0.1) is 0 Å². The molecule has 2 rings (SSSR count). The molecule has 0 unspecified atom stereocenters. The van der Waals surface area contributed by atoms with E-state index in [4.69, 9.17) is 15.2 Å². The van der Waals surface area contributed by atoms with E-state index in [1.54, 1.807) is 43.5 Å². The Labute approximate surface area is 119 Å². The van der Waals surface area contributed by atoms with E-state index in [2.05, 4.69) is 15.9 Å². The summed E-state index contributed by atoms with van der Waals surface area (Å²) in [6.07, 6.45) is 0. The number of methoxy groups -OCH3 is 1. The summed E-state index contributed by atoms with van der Waals surface area (Å²) < 4.78 is 11.6. The van der Waals surface area contributed by atoms with Crippen LogP contribution in [0.5, 0.6) is 17.2 Å². The van der Waals surface area contributed by atoms with Crippen LogP contribution >= 0.6 is 15.9 Å². The lowest BCUT2D eigenvalue weighted by molar-refractivity contribution is 0.100. The van der Waals surface area contributed by atoms with Gasteiger partial charge in [-0.05, 0) is 58.4 Å². The molecule has 2 N–H and O–H groups in total. The molecule has 0 aromatic heterocycles. The van der Waals surface area contributed by atoms with Gasteiger partial charge in [0.15, 0.2) is 0 Å². The molecule has 98 valence electrons. The van der Waals surface area contributed by atoms with Crippen molar-refractivity contribution in [2.75, 3.05) is 7.11 Å².